The van der Waals surface area contributed by atoms with Crippen molar-refractivity contribution < 1.29 is 31.1 Å². The van der Waals surface area contributed by atoms with Crippen LogP contribution in [0.4, 0.5) is 5.69 Å². The van der Waals surface area contributed by atoms with E-state index in [4.69, 9.17) is 21.1 Å². The van der Waals surface area contributed by atoms with Crippen molar-refractivity contribution in [2.45, 2.75) is 9.79 Å². The molecule has 1 fully saturated rings. The zero-order chi connectivity index (χ0) is 24.2. The number of nitrogens with zero attached hydrogens (tertiary/aromatic N) is 2. The number of benzene rings is 2. The Balaban J connectivity index is 1.77. The highest BCUT2D eigenvalue weighted by atomic mass is 35.5. The van der Waals surface area contributed by atoms with Crippen LogP contribution in [-0.2, 0) is 29.6 Å². The van der Waals surface area contributed by atoms with E-state index in [1.807, 2.05) is 0 Å². The Morgan fingerprint density at radius 3 is 2.36 bits per heavy atom. The van der Waals surface area contributed by atoms with Gasteiger partial charge in [0.1, 0.15) is 10.6 Å². The maximum absolute atomic E-state index is 13.1. The van der Waals surface area contributed by atoms with Crippen molar-refractivity contribution in [3.8, 4) is 5.75 Å². The molecule has 1 N–H and O–H groups in total. The Labute approximate surface area is 198 Å². The number of anilines is 1. The van der Waals surface area contributed by atoms with Crippen LogP contribution in [0.1, 0.15) is 0 Å². The average Bonchev–Trinajstić information content (AvgIpc) is 2.79. The zero-order valence-electron chi connectivity index (χ0n) is 18.0. The summed E-state index contributed by atoms with van der Waals surface area (Å²) in [6, 6.07) is 9.76. The molecule has 180 valence electrons. The molecule has 3 rings (SSSR count). The Kier molecular flexibility index (Phi) is 7.98. The molecule has 1 saturated heterocycles. The Morgan fingerprint density at radius 2 is 1.76 bits per heavy atom. The van der Waals surface area contributed by atoms with Crippen LogP contribution in [0.15, 0.2) is 52.3 Å². The fourth-order valence-corrected chi connectivity index (χ4v) is 6.00. The largest absolute Gasteiger partial charge is 0.495 e. The van der Waals surface area contributed by atoms with Gasteiger partial charge >= 0.3 is 0 Å². The summed E-state index contributed by atoms with van der Waals surface area (Å²) in [6.45, 7) is 0.492. The van der Waals surface area contributed by atoms with Crippen LogP contribution in [0.25, 0.3) is 0 Å². The monoisotopic (exact) mass is 517 g/mol. The van der Waals surface area contributed by atoms with E-state index in [9.17, 15) is 21.6 Å². The Bertz CT molecular complexity index is 1210. The Hall–Kier alpha value is -2.22. The fraction of sp³-hybridized carbons (Fsp3) is 0.350. The van der Waals surface area contributed by atoms with Crippen LogP contribution < -0.4 is 10.1 Å². The van der Waals surface area contributed by atoms with E-state index >= 15 is 0 Å². The van der Waals surface area contributed by atoms with E-state index in [-0.39, 0.29) is 47.5 Å². The maximum Gasteiger partial charge on any atom is 0.246 e. The summed E-state index contributed by atoms with van der Waals surface area (Å²) >= 11 is 5.80. The van der Waals surface area contributed by atoms with E-state index in [2.05, 4.69) is 5.32 Å². The minimum absolute atomic E-state index is 0.00876. The molecule has 0 bridgehead atoms. The van der Waals surface area contributed by atoms with E-state index in [1.54, 1.807) is 0 Å². The Morgan fingerprint density at radius 1 is 1.12 bits per heavy atom. The third kappa shape index (κ3) is 5.83. The average molecular weight is 518 g/mol. The van der Waals surface area contributed by atoms with Crippen LogP contribution in [0.3, 0.4) is 0 Å². The van der Waals surface area contributed by atoms with Gasteiger partial charge in [0.15, 0.2) is 0 Å². The quantitative estimate of drug-likeness (QED) is 0.564. The number of ether oxygens (including phenoxy) is 2. The first-order valence-electron chi connectivity index (χ1n) is 9.83. The number of likely N-dealkylation sites (N-methyl/N-ethyl adjacent to an activating group) is 1. The van der Waals surface area contributed by atoms with Crippen molar-refractivity contribution in [3.05, 3.63) is 47.5 Å². The summed E-state index contributed by atoms with van der Waals surface area (Å²) in [6.07, 6.45) is 0. The van der Waals surface area contributed by atoms with Gasteiger partial charge in [-0.15, -0.1) is 0 Å². The summed E-state index contributed by atoms with van der Waals surface area (Å²) in [5.41, 5.74) is 0.185. The summed E-state index contributed by atoms with van der Waals surface area (Å²) in [5, 5.41) is 2.93. The second-order valence-electron chi connectivity index (χ2n) is 7.15. The number of carbonyl (C=O) groups is 1. The first-order valence-corrected chi connectivity index (χ1v) is 13.1. The van der Waals surface area contributed by atoms with Gasteiger partial charge < -0.3 is 14.8 Å². The summed E-state index contributed by atoms with van der Waals surface area (Å²) in [4.78, 5) is 12.4. The second-order valence-corrected chi connectivity index (χ2v) is 11.5. The van der Waals surface area contributed by atoms with Crippen LogP contribution in [-0.4, -0.2) is 78.4 Å². The van der Waals surface area contributed by atoms with Crippen molar-refractivity contribution in [1.29, 1.82) is 0 Å². The number of hydrogen-bond donors (Lipinski definition) is 1. The molecule has 33 heavy (non-hydrogen) atoms. The molecular weight excluding hydrogens is 494 g/mol. The number of methoxy groups -OCH3 is 1. The summed E-state index contributed by atoms with van der Waals surface area (Å²) in [5.74, 6) is -0.517. The molecule has 10 nitrogen and oxygen atoms in total. The van der Waals surface area contributed by atoms with Gasteiger partial charge in [0.05, 0.1) is 31.8 Å². The molecule has 0 atom stereocenters. The number of halogens is 1. The third-order valence-electron chi connectivity index (χ3n) is 4.92. The van der Waals surface area contributed by atoms with E-state index in [1.165, 1.54) is 60.9 Å². The lowest BCUT2D eigenvalue weighted by Crippen LogP contribution is -2.40. The number of nitrogens with one attached hydrogen (secondary N) is 1. The number of carbonyl (C=O) groups excluding carboxylic acids is 1. The van der Waals surface area contributed by atoms with Crippen LogP contribution in [0, 0.1) is 0 Å². The summed E-state index contributed by atoms with van der Waals surface area (Å²) in [7, 11) is -5.19. The van der Waals surface area contributed by atoms with Crippen LogP contribution >= 0.6 is 11.6 Å². The van der Waals surface area contributed by atoms with Crippen LogP contribution in [0.5, 0.6) is 5.75 Å². The van der Waals surface area contributed by atoms with E-state index in [0.29, 0.717) is 5.02 Å². The zero-order valence-corrected chi connectivity index (χ0v) is 20.4. The van der Waals surface area contributed by atoms with Gasteiger partial charge in [0.25, 0.3) is 0 Å². The van der Waals surface area contributed by atoms with Gasteiger partial charge in [0, 0.05) is 30.8 Å². The van der Waals surface area contributed by atoms with Crippen molar-refractivity contribution in [2.24, 2.45) is 0 Å². The highest BCUT2D eigenvalue weighted by Gasteiger charge is 2.30. The molecular formula is C20H24ClN3O7S2. The lowest BCUT2D eigenvalue weighted by Gasteiger charge is -2.27. The molecule has 1 heterocycles. The van der Waals surface area contributed by atoms with E-state index < -0.39 is 32.5 Å². The molecule has 2 aromatic rings. The predicted molar refractivity (Wildman–Crippen MR) is 122 cm³/mol. The minimum atomic E-state index is -3.92. The highest BCUT2D eigenvalue weighted by molar-refractivity contribution is 7.89. The molecule has 0 unspecified atom stereocenters. The van der Waals surface area contributed by atoms with Crippen molar-refractivity contribution >= 4 is 43.2 Å². The lowest BCUT2D eigenvalue weighted by atomic mass is 10.3. The molecule has 1 aliphatic heterocycles. The minimum Gasteiger partial charge on any atom is -0.495 e. The van der Waals surface area contributed by atoms with Gasteiger partial charge in [0.2, 0.25) is 26.0 Å². The molecule has 2 aromatic carbocycles. The standard InChI is InChI=1S/C20H24ClN3O7S2/c1-23(32(26,27)17-6-3-15(21)4-7-17)14-20(25)22-16-5-8-18(30-2)19(13-16)33(28,29)24-9-11-31-12-10-24/h3-8,13H,9-12,14H2,1-2H3,(H,22,25). The highest BCUT2D eigenvalue weighted by Crippen LogP contribution is 2.30. The molecule has 1 amide bonds. The van der Waals surface area contributed by atoms with Crippen molar-refractivity contribution in [2.75, 3.05) is 52.3 Å². The van der Waals surface area contributed by atoms with Crippen molar-refractivity contribution in [1.82, 2.24) is 8.61 Å². The number of morpholine rings is 1. The fourth-order valence-electron chi connectivity index (χ4n) is 3.16. The lowest BCUT2D eigenvalue weighted by molar-refractivity contribution is -0.116. The van der Waals surface area contributed by atoms with Gasteiger partial charge in [-0.3, -0.25) is 4.79 Å². The molecule has 0 radical (unpaired) electrons. The van der Waals surface area contributed by atoms with Crippen LogP contribution in [0.2, 0.25) is 5.02 Å². The predicted octanol–water partition coefficient (Wildman–Crippen LogP) is 1.63. The molecule has 1 aliphatic rings. The normalized spacial score (nSPS) is 15.4. The molecule has 0 spiro atoms. The molecule has 13 heteroatoms. The molecule has 0 saturated carbocycles. The molecule has 0 aromatic heterocycles. The summed E-state index contributed by atoms with van der Waals surface area (Å²) < 4.78 is 64.1. The van der Waals surface area contributed by atoms with Gasteiger partial charge in [-0.2, -0.15) is 8.61 Å². The third-order valence-corrected chi connectivity index (χ3v) is 8.91. The number of amides is 1. The SMILES string of the molecule is COc1ccc(NC(=O)CN(C)S(=O)(=O)c2ccc(Cl)cc2)cc1S(=O)(=O)N1CCOCC1. The topological polar surface area (TPSA) is 122 Å². The number of rotatable bonds is 8. The molecule has 0 aliphatic carbocycles. The smallest absolute Gasteiger partial charge is 0.246 e. The van der Waals surface area contributed by atoms with Gasteiger partial charge in [-0.25, -0.2) is 16.8 Å². The van der Waals surface area contributed by atoms with Gasteiger partial charge in [-0.05, 0) is 42.5 Å². The van der Waals surface area contributed by atoms with E-state index in [0.717, 1.165) is 4.31 Å². The van der Waals surface area contributed by atoms with Crippen molar-refractivity contribution in [3.63, 3.8) is 0 Å². The second kappa shape index (κ2) is 10.4. The number of hydrogen-bond acceptors (Lipinski definition) is 7. The first kappa shape index (κ1) is 25.4. The maximum atomic E-state index is 13.1. The van der Waals surface area contributed by atoms with Gasteiger partial charge in [-0.1, -0.05) is 11.6 Å². The first-order chi connectivity index (χ1) is 15.6. The number of sulfonamides is 2.